The lowest BCUT2D eigenvalue weighted by molar-refractivity contribution is -0.144. The zero-order valence-electron chi connectivity index (χ0n) is 16.4. The molecule has 4 rings (SSSR count). The second-order valence-electron chi connectivity index (χ2n) is 9.77. The molecule has 7 atom stereocenters. The third kappa shape index (κ3) is 2.34. The Morgan fingerprint density at radius 3 is 2.58 bits per heavy atom. The molecule has 0 bridgehead atoms. The van der Waals surface area contributed by atoms with E-state index in [0.29, 0.717) is 30.0 Å². The molecule has 0 spiro atoms. The van der Waals surface area contributed by atoms with Crippen molar-refractivity contribution in [1.82, 2.24) is 0 Å². The van der Waals surface area contributed by atoms with Crippen LogP contribution in [0.25, 0.3) is 0 Å². The molecular weight excluding hydrogens is 324 g/mol. The van der Waals surface area contributed by atoms with Crippen molar-refractivity contribution in [3.63, 3.8) is 0 Å². The first-order chi connectivity index (χ1) is 12.3. The van der Waals surface area contributed by atoms with Crippen LogP contribution in [0.4, 0.5) is 0 Å². The van der Waals surface area contributed by atoms with E-state index >= 15 is 0 Å². The second kappa shape index (κ2) is 6.14. The Labute approximate surface area is 157 Å². The van der Waals surface area contributed by atoms with Gasteiger partial charge in [-0.3, -0.25) is 14.4 Å². The summed E-state index contributed by atoms with van der Waals surface area (Å²) in [5, 5.41) is 0. The van der Waals surface area contributed by atoms with Crippen LogP contribution in [0.15, 0.2) is 12.2 Å². The minimum absolute atomic E-state index is 0.0288. The largest absolute Gasteiger partial charge is 0.299 e. The summed E-state index contributed by atoms with van der Waals surface area (Å²) in [5.74, 6) is 1.95. The van der Waals surface area contributed by atoms with Gasteiger partial charge in [0.2, 0.25) is 0 Å². The monoisotopic (exact) mass is 356 g/mol. The van der Waals surface area contributed by atoms with Crippen LogP contribution in [0.5, 0.6) is 0 Å². The van der Waals surface area contributed by atoms with Crippen molar-refractivity contribution in [2.45, 2.75) is 72.1 Å². The molecule has 0 amide bonds. The van der Waals surface area contributed by atoms with Gasteiger partial charge in [-0.05, 0) is 73.7 Å². The van der Waals surface area contributed by atoms with E-state index < -0.39 is 5.92 Å². The van der Waals surface area contributed by atoms with E-state index in [0.717, 1.165) is 44.9 Å². The summed E-state index contributed by atoms with van der Waals surface area (Å²) < 4.78 is 0. The van der Waals surface area contributed by atoms with Gasteiger partial charge in [0, 0.05) is 18.3 Å². The SMILES string of the molecule is CCCC(=O)C1C(=O)C=C[C@@]2(C)C1CC[C@@H]1[C@H]2CC[C@]2(C)C(=O)CC[C@@H]12. The van der Waals surface area contributed by atoms with Crippen LogP contribution in [-0.2, 0) is 14.4 Å². The number of carbonyl (C=O) groups excluding carboxylic acids is 3. The molecule has 0 aliphatic heterocycles. The highest BCUT2D eigenvalue weighted by atomic mass is 16.2. The summed E-state index contributed by atoms with van der Waals surface area (Å²) in [5.41, 5.74) is -0.187. The number of rotatable bonds is 3. The van der Waals surface area contributed by atoms with Gasteiger partial charge in [-0.1, -0.05) is 26.8 Å². The number of allylic oxidation sites excluding steroid dienone is 2. The van der Waals surface area contributed by atoms with Gasteiger partial charge in [0.25, 0.3) is 0 Å². The van der Waals surface area contributed by atoms with E-state index in [9.17, 15) is 14.4 Å². The Morgan fingerprint density at radius 1 is 1.08 bits per heavy atom. The molecule has 142 valence electrons. The van der Waals surface area contributed by atoms with Gasteiger partial charge in [0.15, 0.2) is 5.78 Å². The van der Waals surface area contributed by atoms with Gasteiger partial charge in [-0.25, -0.2) is 0 Å². The molecule has 0 aromatic heterocycles. The lowest BCUT2D eigenvalue weighted by Gasteiger charge is -2.58. The minimum Gasteiger partial charge on any atom is -0.299 e. The van der Waals surface area contributed by atoms with Crippen molar-refractivity contribution < 1.29 is 14.4 Å². The summed E-state index contributed by atoms with van der Waals surface area (Å²) >= 11 is 0. The van der Waals surface area contributed by atoms with Crippen LogP contribution >= 0.6 is 0 Å². The number of Topliss-reactive ketones (excluding diaryl/α,β-unsaturated/α-hetero) is 2. The fourth-order valence-electron chi connectivity index (χ4n) is 7.31. The highest BCUT2D eigenvalue weighted by Gasteiger charge is 2.61. The molecule has 0 saturated heterocycles. The lowest BCUT2D eigenvalue weighted by atomic mass is 9.45. The van der Waals surface area contributed by atoms with Crippen molar-refractivity contribution in [2.75, 3.05) is 0 Å². The standard InChI is InChI=1S/C23H32O3/c1-4-5-18(24)21-17-7-6-14-15-8-9-20(26)23(15,3)12-10-16(14)22(17,2)13-11-19(21)25/h11,13-17,21H,4-10,12H2,1-3H3/t14-,15-,16+,17?,21?,22+,23-/m0/s1. The van der Waals surface area contributed by atoms with Gasteiger partial charge in [0.05, 0.1) is 5.92 Å². The molecule has 2 unspecified atom stereocenters. The normalized spacial score (nSPS) is 47.3. The number of carbonyl (C=O) groups is 3. The summed E-state index contributed by atoms with van der Waals surface area (Å²) in [7, 11) is 0. The van der Waals surface area contributed by atoms with Crippen molar-refractivity contribution in [1.29, 1.82) is 0 Å². The number of fused-ring (bicyclic) bond motifs is 5. The average Bonchev–Trinajstić information content (AvgIpc) is 2.91. The zero-order chi connectivity index (χ0) is 18.7. The first-order valence-electron chi connectivity index (χ1n) is 10.6. The van der Waals surface area contributed by atoms with Gasteiger partial charge in [-0.15, -0.1) is 0 Å². The highest BCUT2D eigenvalue weighted by molar-refractivity contribution is 6.08. The predicted octanol–water partition coefficient (Wildman–Crippen LogP) is 4.54. The van der Waals surface area contributed by atoms with Crippen molar-refractivity contribution in [3.8, 4) is 0 Å². The molecule has 4 aliphatic rings. The molecule has 0 aromatic carbocycles. The molecule has 0 N–H and O–H groups in total. The first kappa shape index (κ1) is 18.1. The molecule has 26 heavy (non-hydrogen) atoms. The Hall–Kier alpha value is -1.25. The Morgan fingerprint density at radius 2 is 1.85 bits per heavy atom. The molecule has 4 aliphatic carbocycles. The van der Waals surface area contributed by atoms with Gasteiger partial charge < -0.3 is 0 Å². The van der Waals surface area contributed by atoms with Crippen molar-refractivity contribution in [2.24, 2.45) is 40.4 Å². The number of hydrogen-bond donors (Lipinski definition) is 0. The Balaban J connectivity index is 1.67. The van der Waals surface area contributed by atoms with E-state index in [-0.39, 0.29) is 28.3 Å². The van der Waals surface area contributed by atoms with Crippen LogP contribution in [0.3, 0.4) is 0 Å². The van der Waals surface area contributed by atoms with Gasteiger partial charge in [-0.2, -0.15) is 0 Å². The summed E-state index contributed by atoms with van der Waals surface area (Å²) in [6.45, 7) is 6.50. The van der Waals surface area contributed by atoms with E-state index in [1.807, 2.05) is 6.92 Å². The topological polar surface area (TPSA) is 51.2 Å². The van der Waals surface area contributed by atoms with E-state index in [4.69, 9.17) is 0 Å². The average molecular weight is 357 g/mol. The molecule has 3 heteroatoms. The molecule has 0 aromatic rings. The second-order valence-corrected chi connectivity index (χ2v) is 9.77. The van der Waals surface area contributed by atoms with Crippen molar-refractivity contribution >= 4 is 17.3 Å². The number of hydrogen-bond acceptors (Lipinski definition) is 3. The molecule has 3 saturated carbocycles. The van der Waals surface area contributed by atoms with E-state index in [1.54, 1.807) is 6.08 Å². The third-order valence-electron chi connectivity index (χ3n) is 8.71. The summed E-state index contributed by atoms with van der Waals surface area (Å²) in [4.78, 5) is 37.9. The van der Waals surface area contributed by atoms with Gasteiger partial charge >= 0.3 is 0 Å². The molecule has 0 radical (unpaired) electrons. The van der Waals surface area contributed by atoms with Crippen LogP contribution in [0.1, 0.15) is 72.1 Å². The van der Waals surface area contributed by atoms with Crippen LogP contribution < -0.4 is 0 Å². The predicted molar refractivity (Wildman–Crippen MR) is 100 cm³/mol. The van der Waals surface area contributed by atoms with Crippen LogP contribution in [0, 0.1) is 40.4 Å². The minimum atomic E-state index is -0.426. The van der Waals surface area contributed by atoms with Gasteiger partial charge in [0.1, 0.15) is 11.6 Å². The quantitative estimate of drug-likeness (QED) is 0.698. The Bertz CT molecular complexity index is 677. The maximum absolute atomic E-state index is 12.7. The maximum atomic E-state index is 12.7. The first-order valence-corrected chi connectivity index (χ1v) is 10.6. The summed E-state index contributed by atoms with van der Waals surface area (Å²) in [6, 6.07) is 0. The summed E-state index contributed by atoms with van der Waals surface area (Å²) in [6.07, 6.45) is 11.0. The molecule has 0 heterocycles. The Kier molecular flexibility index (Phi) is 4.28. The highest BCUT2D eigenvalue weighted by Crippen LogP contribution is 2.64. The zero-order valence-corrected chi connectivity index (χ0v) is 16.4. The number of ketones is 3. The fourth-order valence-corrected chi connectivity index (χ4v) is 7.31. The molecular formula is C23H32O3. The van der Waals surface area contributed by atoms with E-state index in [2.05, 4.69) is 19.9 Å². The smallest absolute Gasteiger partial charge is 0.166 e. The van der Waals surface area contributed by atoms with Crippen LogP contribution in [-0.4, -0.2) is 17.3 Å². The maximum Gasteiger partial charge on any atom is 0.166 e. The molecule has 3 fully saturated rings. The van der Waals surface area contributed by atoms with Crippen molar-refractivity contribution in [3.05, 3.63) is 12.2 Å². The molecule has 3 nitrogen and oxygen atoms in total. The third-order valence-corrected chi connectivity index (χ3v) is 8.71. The lowest BCUT2D eigenvalue weighted by Crippen LogP contribution is -2.55. The fraction of sp³-hybridized carbons (Fsp3) is 0.783. The van der Waals surface area contributed by atoms with E-state index in [1.165, 1.54) is 0 Å². The van der Waals surface area contributed by atoms with Crippen LogP contribution in [0.2, 0.25) is 0 Å².